The molecule has 0 bridgehead atoms. The monoisotopic (exact) mass is 370 g/mol. The summed E-state index contributed by atoms with van der Waals surface area (Å²) in [6, 6.07) is 5.14. The van der Waals surface area contributed by atoms with Crippen LogP contribution in [-0.4, -0.2) is 22.0 Å². The lowest BCUT2D eigenvalue weighted by atomic mass is 10.1. The van der Waals surface area contributed by atoms with Gasteiger partial charge < -0.3 is 15.8 Å². The van der Waals surface area contributed by atoms with Crippen LogP contribution in [0, 0.1) is 13.8 Å². The van der Waals surface area contributed by atoms with Crippen LogP contribution in [0.2, 0.25) is 0 Å². The molecule has 1 atom stereocenters. The molecule has 2 heterocycles. The van der Waals surface area contributed by atoms with Crippen molar-refractivity contribution in [1.82, 2.24) is 9.97 Å². The van der Waals surface area contributed by atoms with Gasteiger partial charge in [0.2, 0.25) is 5.91 Å². The van der Waals surface area contributed by atoms with E-state index in [1.165, 1.54) is 4.88 Å². The molecule has 3 aromatic rings. The van der Waals surface area contributed by atoms with Crippen molar-refractivity contribution in [1.29, 1.82) is 0 Å². The minimum atomic E-state index is -0.487. The highest BCUT2D eigenvalue weighted by Crippen LogP contribution is 2.36. The Kier molecular flexibility index (Phi) is 5.08. The summed E-state index contributed by atoms with van der Waals surface area (Å²) in [6.45, 7) is 8.16. The Balaban J connectivity index is 2.05. The van der Waals surface area contributed by atoms with E-state index in [2.05, 4.69) is 29.1 Å². The van der Waals surface area contributed by atoms with Gasteiger partial charge in [0.05, 0.1) is 17.2 Å². The number of carbonyl (C=O) groups excluding carboxylic acids is 1. The summed E-state index contributed by atoms with van der Waals surface area (Å²) < 4.78 is 5.99. The first-order valence-electron chi connectivity index (χ1n) is 8.49. The third kappa shape index (κ3) is 3.48. The quantitative estimate of drug-likeness (QED) is 0.674. The number of rotatable bonds is 6. The van der Waals surface area contributed by atoms with Crippen LogP contribution >= 0.6 is 11.3 Å². The smallest absolute Gasteiger partial charge is 0.248 e. The highest BCUT2D eigenvalue weighted by atomic mass is 32.1. The van der Waals surface area contributed by atoms with Gasteiger partial charge in [-0.2, -0.15) is 0 Å². The van der Waals surface area contributed by atoms with Crippen LogP contribution in [0.15, 0.2) is 24.5 Å². The lowest BCUT2D eigenvalue weighted by Gasteiger charge is -2.18. The van der Waals surface area contributed by atoms with Crippen LogP contribution in [0.4, 0.5) is 11.5 Å². The molecule has 0 radical (unpaired) electrons. The number of nitrogens with two attached hydrogens (primary N) is 1. The minimum absolute atomic E-state index is 0.00854. The fourth-order valence-corrected chi connectivity index (χ4v) is 3.58. The molecule has 0 aliphatic rings. The van der Waals surface area contributed by atoms with Gasteiger partial charge in [-0.15, -0.1) is 11.3 Å². The van der Waals surface area contributed by atoms with Crippen LogP contribution in [0.5, 0.6) is 5.75 Å². The number of aryl methyl sites for hydroxylation is 2. The van der Waals surface area contributed by atoms with Crippen molar-refractivity contribution in [3.63, 3.8) is 0 Å². The molecular formula is C19H22N4O2S. The number of aromatic nitrogens is 2. The Morgan fingerprint density at radius 3 is 2.81 bits per heavy atom. The Bertz CT molecular complexity index is 968. The standard InChI is InChI=1S/C19H22N4O2S/c1-5-10(2)25-15-8-13(17(20)24)6-7-14(15)23-18-16-11(3)12(4)26-19(16)22-9-21-18/h6-10H,5H2,1-4H3,(H2,20,24)(H,21,22,23). The van der Waals surface area contributed by atoms with E-state index in [4.69, 9.17) is 10.5 Å². The number of thiophene rings is 1. The van der Waals surface area contributed by atoms with Crippen molar-refractivity contribution < 1.29 is 9.53 Å². The van der Waals surface area contributed by atoms with Crippen LogP contribution in [0.1, 0.15) is 41.1 Å². The lowest BCUT2D eigenvalue weighted by molar-refractivity contribution is 0.0999. The van der Waals surface area contributed by atoms with Crippen LogP contribution < -0.4 is 15.8 Å². The second kappa shape index (κ2) is 7.29. The van der Waals surface area contributed by atoms with Gasteiger partial charge in [0.1, 0.15) is 22.7 Å². The Hall–Kier alpha value is -2.67. The van der Waals surface area contributed by atoms with Gasteiger partial charge >= 0.3 is 0 Å². The largest absolute Gasteiger partial charge is 0.489 e. The maximum Gasteiger partial charge on any atom is 0.248 e. The number of carbonyl (C=O) groups is 1. The molecule has 1 amide bonds. The number of anilines is 2. The Morgan fingerprint density at radius 2 is 2.12 bits per heavy atom. The van der Waals surface area contributed by atoms with Gasteiger partial charge in [0.25, 0.3) is 0 Å². The second-order valence-electron chi connectivity index (χ2n) is 6.22. The molecular weight excluding hydrogens is 348 g/mol. The van der Waals surface area contributed by atoms with Crippen LogP contribution in [0.3, 0.4) is 0 Å². The number of amides is 1. The number of benzene rings is 1. The maximum absolute atomic E-state index is 11.5. The highest BCUT2D eigenvalue weighted by Gasteiger charge is 2.16. The predicted molar refractivity (Wildman–Crippen MR) is 106 cm³/mol. The molecule has 136 valence electrons. The first-order valence-corrected chi connectivity index (χ1v) is 9.30. The fraction of sp³-hybridized carbons (Fsp3) is 0.316. The van der Waals surface area contributed by atoms with E-state index in [9.17, 15) is 4.79 Å². The number of ether oxygens (including phenoxy) is 1. The van der Waals surface area contributed by atoms with E-state index in [1.807, 2.05) is 13.8 Å². The molecule has 2 aromatic heterocycles. The summed E-state index contributed by atoms with van der Waals surface area (Å²) in [4.78, 5) is 22.5. The summed E-state index contributed by atoms with van der Waals surface area (Å²) in [5.74, 6) is 0.809. The number of hydrogen-bond donors (Lipinski definition) is 2. The number of primary amides is 1. The molecule has 26 heavy (non-hydrogen) atoms. The minimum Gasteiger partial charge on any atom is -0.489 e. The maximum atomic E-state index is 11.5. The third-order valence-corrected chi connectivity index (χ3v) is 5.50. The second-order valence-corrected chi connectivity index (χ2v) is 7.43. The summed E-state index contributed by atoms with van der Waals surface area (Å²) in [7, 11) is 0. The van der Waals surface area contributed by atoms with Crippen molar-refractivity contribution in [2.45, 2.75) is 40.2 Å². The number of nitrogens with zero attached hydrogens (tertiary/aromatic N) is 2. The van der Waals surface area contributed by atoms with Gasteiger partial charge in [-0.05, 0) is 51.0 Å². The molecule has 3 rings (SSSR count). The molecule has 1 unspecified atom stereocenters. The first-order chi connectivity index (χ1) is 12.4. The molecule has 0 aliphatic heterocycles. The Labute approximate surface area is 156 Å². The average molecular weight is 370 g/mol. The van der Waals surface area contributed by atoms with Crippen molar-refractivity contribution in [3.05, 3.63) is 40.5 Å². The molecule has 3 N–H and O–H groups in total. The molecule has 0 aliphatic carbocycles. The van der Waals surface area contributed by atoms with E-state index >= 15 is 0 Å². The number of nitrogens with one attached hydrogen (secondary N) is 1. The van der Waals surface area contributed by atoms with E-state index in [-0.39, 0.29) is 6.10 Å². The van der Waals surface area contributed by atoms with Gasteiger partial charge in [0, 0.05) is 10.4 Å². The molecule has 0 saturated carbocycles. The summed E-state index contributed by atoms with van der Waals surface area (Å²) in [6.07, 6.45) is 2.41. The average Bonchev–Trinajstić information content (AvgIpc) is 2.91. The number of hydrogen-bond acceptors (Lipinski definition) is 6. The van der Waals surface area contributed by atoms with Crippen molar-refractivity contribution in [2.24, 2.45) is 5.73 Å². The van der Waals surface area contributed by atoms with E-state index in [1.54, 1.807) is 35.9 Å². The zero-order chi connectivity index (χ0) is 18.8. The number of fused-ring (bicyclic) bond motifs is 1. The predicted octanol–water partition coefficient (Wildman–Crippen LogP) is 4.33. The first kappa shape index (κ1) is 18.1. The summed E-state index contributed by atoms with van der Waals surface area (Å²) >= 11 is 1.64. The zero-order valence-electron chi connectivity index (χ0n) is 15.3. The molecule has 1 aromatic carbocycles. The van der Waals surface area contributed by atoms with Crippen LogP contribution in [-0.2, 0) is 0 Å². The van der Waals surface area contributed by atoms with Gasteiger partial charge in [0.15, 0.2) is 0 Å². The molecule has 0 fully saturated rings. The van der Waals surface area contributed by atoms with Gasteiger partial charge in [-0.3, -0.25) is 4.79 Å². The Morgan fingerprint density at radius 1 is 1.35 bits per heavy atom. The third-order valence-electron chi connectivity index (χ3n) is 4.39. The SMILES string of the molecule is CCC(C)Oc1cc(C(N)=O)ccc1Nc1ncnc2sc(C)c(C)c12. The highest BCUT2D eigenvalue weighted by molar-refractivity contribution is 7.18. The van der Waals surface area contributed by atoms with E-state index < -0.39 is 5.91 Å². The van der Waals surface area contributed by atoms with E-state index in [0.717, 1.165) is 33.7 Å². The van der Waals surface area contributed by atoms with Crippen molar-refractivity contribution in [2.75, 3.05) is 5.32 Å². The summed E-state index contributed by atoms with van der Waals surface area (Å²) in [5.41, 5.74) is 7.71. The van der Waals surface area contributed by atoms with Crippen LogP contribution in [0.25, 0.3) is 10.2 Å². The summed E-state index contributed by atoms with van der Waals surface area (Å²) in [5, 5.41) is 4.35. The van der Waals surface area contributed by atoms with Gasteiger partial charge in [-0.1, -0.05) is 6.92 Å². The normalized spacial score (nSPS) is 12.2. The topological polar surface area (TPSA) is 90.1 Å². The van der Waals surface area contributed by atoms with Crippen molar-refractivity contribution in [3.8, 4) is 5.75 Å². The van der Waals surface area contributed by atoms with E-state index in [0.29, 0.717) is 11.3 Å². The molecule has 7 heteroatoms. The molecule has 0 spiro atoms. The van der Waals surface area contributed by atoms with Gasteiger partial charge in [-0.25, -0.2) is 9.97 Å². The zero-order valence-corrected chi connectivity index (χ0v) is 16.1. The lowest BCUT2D eigenvalue weighted by Crippen LogP contribution is -2.14. The van der Waals surface area contributed by atoms with Crippen molar-refractivity contribution >= 4 is 39.0 Å². The fourth-order valence-electron chi connectivity index (χ4n) is 2.58. The molecule has 6 nitrogen and oxygen atoms in total. The molecule has 0 saturated heterocycles.